The molecular formula is C25H34N2O3S. The first-order chi connectivity index (χ1) is 14.9. The Kier molecular flexibility index (Phi) is 10.4. The van der Waals surface area contributed by atoms with Gasteiger partial charge in [0.25, 0.3) is 0 Å². The summed E-state index contributed by atoms with van der Waals surface area (Å²) in [5.74, 6) is 1.77. The molecule has 31 heavy (non-hydrogen) atoms. The van der Waals surface area contributed by atoms with Crippen LogP contribution < -0.4 is 10.1 Å². The summed E-state index contributed by atoms with van der Waals surface area (Å²) < 4.78 is 5.19. The fraction of sp³-hybridized carbons (Fsp3) is 0.440. The third kappa shape index (κ3) is 8.29. The van der Waals surface area contributed by atoms with Gasteiger partial charge in [-0.15, -0.1) is 11.8 Å². The summed E-state index contributed by atoms with van der Waals surface area (Å²) in [6, 6.07) is 17.5. The average molecular weight is 443 g/mol. The number of nitrogens with zero attached hydrogens (tertiary/aromatic N) is 1. The Morgan fingerprint density at radius 2 is 1.71 bits per heavy atom. The second kappa shape index (κ2) is 13.1. The molecular weight excluding hydrogens is 408 g/mol. The molecule has 0 aliphatic rings. The van der Waals surface area contributed by atoms with E-state index in [1.165, 1.54) is 0 Å². The zero-order chi connectivity index (χ0) is 22.6. The maximum atomic E-state index is 13.1. The molecule has 2 amide bonds. The molecule has 168 valence electrons. The number of nitrogens with one attached hydrogen (secondary N) is 1. The van der Waals surface area contributed by atoms with Crippen LogP contribution in [0.2, 0.25) is 0 Å². The second-order valence-electron chi connectivity index (χ2n) is 7.66. The van der Waals surface area contributed by atoms with Crippen molar-refractivity contribution < 1.29 is 14.3 Å². The highest BCUT2D eigenvalue weighted by atomic mass is 32.2. The highest BCUT2D eigenvalue weighted by Gasteiger charge is 2.26. The monoisotopic (exact) mass is 442 g/mol. The third-order valence-corrected chi connectivity index (χ3v) is 6.29. The lowest BCUT2D eigenvalue weighted by molar-refractivity contribution is -0.138. The molecule has 2 aromatic rings. The Morgan fingerprint density at radius 1 is 1.03 bits per heavy atom. The number of thioether (sulfide) groups is 1. The molecule has 0 radical (unpaired) electrons. The minimum atomic E-state index is -0.508. The first-order valence-electron chi connectivity index (χ1n) is 10.8. The van der Waals surface area contributed by atoms with Crippen molar-refractivity contribution in [3.8, 4) is 5.75 Å². The number of rotatable bonds is 12. The first-order valence-corrected chi connectivity index (χ1v) is 11.9. The molecule has 0 fully saturated rings. The lowest BCUT2D eigenvalue weighted by atomic mass is 10.1. The minimum absolute atomic E-state index is 0.0127. The van der Waals surface area contributed by atoms with Crippen molar-refractivity contribution in [2.75, 3.05) is 19.4 Å². The molecule has 0 bridgehead atoms. The van der Waals surface area contributed by atoms with Gasteiger partial charge < -0.3 is 15.0 Å². The van der Waals surface area contributed by atoms with Crippen molar-refractivity contribution in [2.45, 2.75) is 51.4 Å². The molecule has 2 aromatic carbocycles. The van der Waals surface area contributed by atoms with Crippen LogP contribution in [-0.4, -0.2) is 48.2 Å². The fourth-order valence-corrected chi connectivity index (χ4v) is 3.97. The summed E-state index contributed by atoms with van der Waals surface area (Å²) in [4.78, 5) is 27.5. The number of carbonyl (C=O) groups is 2. The van der Waals surface area contributed by atoms with E-state index >= 15 is 0 Å². The highest BCUT2D eigenvalue weighted by molar-refractivity contribution is 7.99. The van der Waals surface area contributed by atoms with Crippen molar-refractivity contribution in [1.82, 2.24) is 10.2 Å². The van der Waals surface area contributed by atoms with Crippen LogP contribution in [0, 0.1) is 0 Å². The van der Waals surface area contributed by atoms with Crippen molar-refractivity contribution in [3.05, 3.63) is 65.7 Å². The van der Waals surface area contributed by atoms with Crippen LogP contribution in [0.5, 0.6) is 5.75 Å². The summed E-state index contributed by atoms with van der Waals surface area (Å²) in [7, 11) is 1.64. The normalized spacial score (nSPS) is 12.6. The van der Waals surface area contributed by atoms with Gasteiger partial charge in [0.2, 0.25) is 11.8 Å². The van der Waals surface area contributed by atoms with E-state index in [1.807, 2.05) is 75.4 Å². The Morgan fingerprint density at radius 3 is 2.32 bits per heavy atom. The highest BCUT2D eigenvalue weighted by Crippen LogP contribution is 2.18. The van der Waals surface area contributed by atoms with E-state index in [4.69, 9.17) is 4.74 Å². The quantitative estimate of drug-likeness (QED) is 0.532. The van der Waals surface area contributed by atoms with E-state index in [2.05, 4.69) is 5.32 Å². The first kappa shape index (κ1) is 24.8. The maximum absolute atomic E-state index is 13.1. The van der Waals surface area contributed by atoms with Gasteiger partial charge in [-0.25, -0.2) is 0 Å². The van der Waals surface area contributed by atoms with Crippen LogP contribution in [0.15, 0.2) is 54.6 Å². The second-order valence-corrected chi connectivity index (χ2v) is 8.64. The van der Waals surface area contributed by atoms with Crippen LogP contribution in [0.3, 0.4) is 0 Å². The molecule has 6 heteroatoms. The number of ether oxygens (including phenoxy) is 1. The van der Waals surface area contributed by atoms with E-state index in [1.54, 1.807) is 23.8 Å². The molecule has 0 aliphatic carbocycles. The van der Waals surface area contributed by atoms with E-state index in [9.17, 15) is 9.59 Å². The van der Waals surface area contributed by atoms with Gasteiger partial charge in [-0.05, 0) is 49.9 Å². The van der Waals surface area contributed by atoms with Gasteiger partial charge in [-0.2, -0.15) is 0 Å². The zero-order valence-electron chi connectivity index (χ0n) is 19.0. The number of benzene rings is 2. The largest absolute Gasteiger partial charge is 0.497 e. The zero-order valence-corrected chi connectivity index (χ0v) is 19.8. The van der Waals surface area contributed by atoms with Gasteiger partial charge in [-0.1, -0.05) is 49.4 Å². The molecule has 0 aliphatic heterocycles. The standard InChI is InChI=1S/C25H34N2O3S/c1-5-19(2)26-25(29)20(3)27(16-15-21-9-7-6-8-10-21)24(28)18-31-17-22-11-13-23(30-4)14-12-22/h6-14,19-20H,5,15-18H2,1-4H3,(H,26,29)/t19-,20-/m0/s1. The van der Waals surface area contributed by atoms with Gasteiger partial charge in [0.15, 0.2) is 0 Å². The average Bonchev–Trinajstić information content (AvgIpc) is 2.80. The summed E-state index contributed by atoms with van der Waals surface area (Å²) >= 11 is 1.56. The lowest BCUT2D eigenvalue weighted by Crippen LogP contribution is -2.51. The number of hydrogen-bond donors (Lipinski definition) is 1. The molecule has 0 saturated carbocycles. The molecule has 0 heterocycles. The number of carbonyl (C=O) groups excluding carboxylic acids is 2. The van der Waals surface area contributed by atoms with Crippen LogP contribution in [0.25, 0.3) is 0 Å². The van der Waals surface area contributed by atoms with Gasteiger partial charge in [0.1, 0.15) is 11.8 Å². The molecule has 5 nitrogen and oxygen atoms in total. The molecule has 0 unspecified atom stereocenters. The van der Waals surface area contributed by atoms with Crippen LogP contribution in [-0.2, 0) is 21.8 Å². The third-order valence-electron chi connectivity index (χ3n) is 5.31. The lowest BCUT2D eigenvalue weighted by Gasteiger charge is -2.29. The van der Waals surface area contributed by atoms with E-state index in [-0.39, 0.29) is 17.9 Å². The van der Waals surface area contributed by atoms with Crippen LogP contribution >= 0.6 is 11.8 Å². The summed E-state index contributed by atoms with van der Waals surface area (Å²) in [6.07, 6.45) is 1.57. The van der Waals surface area contributed by atoms with Crippen LogP contribution in [0.1, 0.15) is 38.3 Å². The molecule has 0 aromatic heterocycles. The van der Waals surface area contributed by atoms with Gasteiger partial charge in [0.05, 0.1) is 12.9 Å². The predicted octanol–water partition coefficient (Wildman–Crippen LogP) is 4.30. The number of methoxy groups -OCH3 is 1. The molecule has 0 saturated heterocycles. The Labute approximate surface area is 190 Å². The van der Waals surface area contributed by atoms with Crippen molar-refractivity contribution in [3.63, 3.8) is 0 Å². The Balaban J connectivity index is 1.98. The SMILES string of the molecule is CC[C@H](C)NC(=O)[C@H](C)N(CCc1ccccc1)C(=O)CSCc1ccc(OC)cc1. The Bertz CT molecular complexity index is 811. The van der Waals surface area contributed by atoms with Crippen LogP contribution in [0.4, 0.5) is 0 Å². The minimum Gasteiger partial charge on any atom is -0.497 e. The van der Waals surface area contributed by atoms with Gasteiger partial charge in [-0.3, -0.25) is 9.59 Å². The van der Waals surface area contributed by atoms with E-state index < -0.39 is 6.04 Å². The molecule has 2 atom stereocenters. The molecule has 1 N–H and O–H groups in total. The summed E-state index contributed by atoms with van der Waals surface area (Å²) in [6.45, 7) is 6.34. The van der Waals surface area contributed by atoms with E-state index in [0.29, 0.717) is 12.3 Å². The summed E-state index contributed by atoms with van der Waals surface area (Å²) in [5, 5.41) is 3.00. The smallest absolute Gasteiger partial charge is 0.242 e. The van der Waals surface area contributed by atoms with Crippen molar-refractivity contribution in [1.29, 1.82) is 0 Å². The van der Waals surface area contributed by atoms with Gasteiger partial charge >= 0.3 is 0 Å². The Hall–Kier alpha value is -2.47. The molecule has 0 spiro atoms. The van der Waals surface area contributed by atoms with E-state index in [0.717, 1.165) is 35.5 Å². The van der Waals surface area contributed by atoms with Crippen molar-refractivity contribution >= 4 is 23.6 Å². The number of amides is 2. The topological polar surface area (TPSA) is 58.6 Å². The maximum Gasteiger partial charge on any atom is 0.242 e. The number of hydrogen-bond acceptors (Lipinski definition) is 4. The van der Waals surface area contributed by atoms with Gasteiger partial charge in [0, 0.05) is 18.3 Å². The predicted molar refractivity (Wildman–Crippen MR) is 128 cm³/mol. The molecule has 2 rings (SSSR count). The van der Waals surface area contributed by atoms with Crippen molar-refractivity contribution in [2.24, 2.45) is 0 Å². The fourth-order valence-electron chi connectivity index (χ4n) is 3.10. The summed E-state index contributed by atoms with van der Waals surface area (Å²) in [5.41, 5.74) is 2.29.